The normalized spacial score (nSPS) is 36.0. The quantitative estimate of drug-likeness (QED) is 0.301. The Labute approximate surface area is 227 Å². The van der Waals surface area contributed by atoms with Crippen LogP contribution in [-0.2, 0) is 23.9 Å². The van der Waals surface area contributed by atoms with Gasteiger partial charge >= 0.3 is 5.97 Å². The van der Waals surface area contributed by atoms with E-state index in [1.165, 1.54) is 4.90 Å². The number of likely N-dealkylation sites (tertiary alicyclic amines) is 1. The highest BCUT2D eigenvalue weighted by Crippen LogP contribution is 2.36. The molecule has 0 spiro atoms. The van der Waals surface area contributed by atoms with Crippen LogP contribution in [-0.4, -0.2) is 80.7 Å². The predicted molar refractivity (Wildman–Crippen MR) is 141 cm³/mol. The molecule has 0 aromatic heterocycles. The number of rotatable bonds is 9. The molecule has 1 aliphatic carbocycles. The van der Waals surface area contributed by atoms with Crippen molar-refractivity contribution in [2.45, 2.75) is 135 Å². The van der Waals surface area contributed by atoms with Gasteiger partial charge in [0.15, 0.2) is 0 Å². The second-order valence-electron chi connectivity index (χ2n) is 12.3. The van der Waals surface area contributed by atoms with Gasteiger partial charge in [-0.3, -0.25) is 9.59 Å². The van der Waals surface area contributed by atoms with E-state index in [2.05, 4.69) is 0 Å². The number of nitrogens with zero attached hydrogens (tertiary/aromatic N) is 1. The molecule has 9 atom stereocenters. The zero-order chi connectivity index (χ0) is 28.2. The van der Waals surface area contributed by atoms with Crippen molar-refractivity contribution < 1.29 is 39.2 Å². The number of ketones is 1. The highest BCUT2D eigenvalue weighted by molar-refractivity contribution is 6.39. The van der Waals surface area contributed by atoms with Crippen LogP contribution in [0.2, 0.25) is 0 Å². The van der Waals surface area contributed by atoms with Gasteiger partial charge in [0.2, 0.25) is 5.79 Å². The summed E-state index contributed by atoms with van der Waals surface area (Å²) in [5.74, 6) is -4.84. The van der Waals surface area contributed by atoms with E-state index in [4.69, 9.17) is 9.47 Å². The first kappa shape index (κ1) is 31.0. The fraction of sp³-hybridized carbons (Fsp3) is 0.897. The van der Waals surface area contributed by atoms with Gasteiger partial charge in [0, 0.05) is 12.5 Å². The molecule has 2 heterocycles. The van der Waals surface area contributed by atoms with E-state index in [1.54, 1.807) is 6.92 Å². The second-order valence-corrected chi connectivity index (χ2v) is 12.3. The molecule has 0 radical (unpaired) electrons. The smallest absolute Gasteiger partial charge is 0.329 e. The van der Waals surface area contributed by atoms with E-state index >= 15 is 0 Å². The number of esters is 1. The van der Waals surface area contributed by atoms with E-state index < -0.39 is 53.7 Å². The maximum atomic E-state index is 13.5. The van der Waals surface area contributed by atoms with Gasteiger partial charge in [-0.2, -0.15) is 0 Å². The number of ether oxygens (including phenoxy) is 2. The van der Waals surface area contributed by atoms with E-state index in [-0.39, 0.29) is 30.4 Å². The van der Waals surface area contributed by atoms with Gasteiger partial charge in [0.25, 0.3) is 11.7 Å². The number of piperidine rings is 1. The lowest BCUT2D eigenvalue weighted by Gasteiger charge is -2.42. The maximum absolute atomic E-state index is 13.5. The Bertz CT molecular complexity index is 833. The van der Waals surface area contributed by atoms with E-state index in [1.807, 2.05) is 27.7 Å². The molecule has 0 aromatic rings. The Morgan fingerprint density at radius 3 is 2.37 bits per heavy atom. The molecule has 0 aromatic carbocycles. The Morgan fingerprint density at radius 2 is 1.74 bits per heavy atom. The number of aliphatic hydroxyl groups excluding tert-OH is 2. The van der Waals surface area contributed by atoms with Gasteiger partial charge in [0.05, 0.1) is 18.3 Å². The van der Waals surface area contributed by atoms with Crippen LogP contribution in [0.5, 0.6) is 0 Å². The Morgan fingerprint density at radius 1 is 1.03 bits per heavy atom. The average Bonchev–Trinajstić information content (AvgIpc) is 2.89. The van der Waals surface area contributed by atoms with Crippen molar-refractivity contribution in [3.05, 3.63) is 0 Å². The van der Waals surface area contributed by atoms with Gasteiger partial charge in [-0.1, -0.05) is 34.6 Å². The molecule has 1 saturated carbocycles. The first-order chi connectivity index (χ1) is 17.9. The van der Waals surface area contributed by atoms with Crippen LogP contribution in [0.3, 0.4) is 0 Å². The summed E-state index contributed by atoms with van der Waals surface area (Å²) in [6.45, 7) is 9.88. The first-order valence-electron chi connectivity index (χ1n) is 14.7. The zero-order valence-corrected chi connectivity index (χ0v) is 23.8. The van der Waals surface area contributed by atoms with Crippen LogP contribution in [0.1, 0.15) is 98.8 Å². The van der Waals surface area contributed by atoms with Gasteiger partial charge < -0.3 is 29.7 Å². The van der Waals surface area contributed by atoms with Gasteiger partial charge in [0.1, 0.15) is 12.1 Å². The monoisotopic (exact) mass is 539 g/mol. The average molecular weight is 540 g/mol. The molecule has 9 nitrogen and oxygen atoms in total. The highest BCUT2D eigenvalue weighted by atomic mass is 16.6. The summed E-state index contributed by atoms with van der Waals surface area (Å²) < 4.78 is 11.8. The van der Waals surface area contributed by atoms with Crippen molar-refractivity contribution in [1.82, 2.24) is 4.90 Å². The summed E-state index contributed by atoms with van der Waals surface area (Å²) in [6, 6.07) is -0.884. The fourth-order valence-electron chi connectivity index (χ4n) is 6.54. The number of aliphatic hydroxyl groups is 3. The molecule has 3 rings (SSSR count). The number of amides is 1. The second kappa shape index (κ2) is 13.2. The molecular formula is C29H49NO8. The van der Waals surface area contributed by atoms with Crippen LogP contribution in [0.25, 0.3) is 0 Å². The van der Waals surface area contributed by atoms with E-state index in [0.717, 1.165) is 25.7 Å². The third kappa shape index (κ3) is 6.95. The maximum Gasteiger partial charge on any atom is 0.329 e. The lowest BCUT2D eigenvalue weighted by Crippen LogP contribution is -2.60. The van der Waals surface area contributed by atoms with Crippen LogP contribution < -0.4 is 0 Å². The van der Waals surface area contributed by atoms with Crippen molar-refractivity contribution in [2.24, 2.45) is 23.7 Å². The highest BCUT2D eigenvalue weighted by Gasteiger charge is 2.52. The molecule has 3 N–H and O–H groups in total. The van der Waals surface area contributed by atoms with Crippen molar-refractivity contribution in [1.29, 1.82) is 0 Å². The molecule has 218 valence electrons. The van der Waals surface area contributed by atoms with Gasteiger partial charge in [-0.15, -0.1) is 0 Å². The molecule has 38 heavy (non-hydrogen) atoms. The molecule has 9 unspecified atom stereocenters. The van der Waals surface area contributed by atoms with Crippen molar-refractivity contribution >= 4 is 17.7 Å². The lowest BCUT2D eigenvalue weighted by atomic mass is 9.78. The molecule has 3 aliphatic rings. The molecule has 2 saturated heterocycles. The minimum atomic E-state index is -2.19. The Hall–Kier alpha value is -1.55. The molecule has 0 bridgehead atoms. The molecule has 1 amide bonds. The van der Waals surface area contributed by atoms with E-state index in [9.17, 15) is 29.7 Å². The van der Waals surface area contributed by atoms with Crippen molar-refractivity contribution in [3.8, 4) is 0 Å². The standard InChI is InChI=1S/C29H49NO8/c1-6-21-12-10-19(5)29(36,38-21)26(33)27(34)30-14-8-7-9-22(30)28(35)37-25(17(2)3)18(4)15-20-11-13-23(31)24(32)16-20/h17-25,31-32,36H,6-16H2,1-5H3. The SMILES string of the molecule is CCC1CCC(C)C(O)(C(=O)C(=O)N2CCCCC2C(=O)OC(C(C)C)C(C)CC2CCC(O)C(O)C2)O1. The summed E-state index contributed by atoms with van der Waals surface area (Å²) in [5, 5.41) is 31.1. The third-order valence-corrected chi connectivity index (χ3v) is 9.01. The summed E-state index contributed by atoms with van der Waals surface area (Å²) in [7, 11) is 0. The first-order valence-corrected chi connectivity index (χ1v) is 14.7. The van der Waals surface area contributed by atoms with Gasteiger partial charge in [-0.05, 0) is 82.0 Å². The third-order valence-electron chi connectivity index (χ3n) is 9.01. The molecule has 2 aliphatic heterocycles. The molecular weight excluding hydrogens is 490 g/mol. The van der Waals surface area contributed by atoms with Gasteiger partial charge in [-0.25, -0.2) is 4.79 Å². The largest absolute Gasteiger partial charge is 0.460 e. The van der Waals surface area contributed by atoms with Crippen LogP contribution in [0.15, 0.2) is 0 Å². The van der Waals surface area contributed by atoms with Crippen LogP contribution in [0, 0.1) is 23.7 Å². The number of hydrogen-bond donors (Lipinski definition) is 3. The van der Waals surface area contributed by atoms with Crippen molar-refractivity contribution in [2.75, 3.05) is 6.54 Å². The Balaban J connectivity index is 1.69. The van der Waals surface area contributed by atoms with Crippen LogP contribution >= 0.6 is 0 Å². The topological polar surface area (TPSA) is 134 Å². The summed E-state index contributed by atoms with van der Waals surface area (Å²) in [4.78, 5) is 41.5. The Kier molecular flexibility index (Phi) is 10.8. The predicted octanol–water partition coefficient (Wildman–Crippen LogP) is 2.97. The van der Waals surface area contributed by atoms with Crippen molar-refractivity contribution in [3.63, 3.8) is 0 Å². The lowest BCUT2D eigenvalue weighted by molar-refractivity contribution is -0.263. The summed E-state index contributed by atoms with van der Waals surface area (Å²) in [5.41, 5.74) is 0. The number of carbonyl (C=O) groups excluding carboxylic acids is 3. The molecule has 3 fully saturated rings. The fourth-order valence-corrected chi connectivity index (χ4v) is 6.54. The molecule has 9 heteroatoms. The summed E-state index contributed by atoms with van der Waals surface area (Å²) >= 11 is 0. The van der Waals surface area contributed by atoms with Crippen LogP contribution in [0.4, 0.5) is 0 Å². The minimum Gasteiger partial charge on any atom is -0.460 e. The zero-order valence-electron chi connectivity index (χ0n) is 23.8. The number of Topliss-reactive ketones (excluding diaryl/α,β-unsaturated/α-hetero) is 1. The minimum absolute atomic E-state index is 0.0175. The number of carbonyl (C=O) groups is 3. The van der Waals surface area contributed by atoms with E-state index in [0.29, 0.717) is 38.5 Å². The number of hydrogen-bond acceptors (Lipinski definition) is 8. The summed E-state index contributed by atoms with van der Waals surface area (Å²) in [6.07, 6.45) is 4.29.